The summed E-state index contributed by atoms with van der Waals surface area (Å²) in [6, 6.07) is 4.77. The Morgan fingerprint density at radius 1 is 1.25 bits per heavy atom. The second kappa shape index (κ2) is 6.30. The molecule has 0 radical (unpaired) electrons. The lowest BCUT2D eigenvalue weighted by atomic mass is 9.96. The summed E-state index contributed by atoms with van der Waals surface area (Å²) in [6.07, 6.45) is 1.66. The molecule has 0 aliphatic rings. The Morgan fingerprint density at radius 3 is 2.50 bits per heavy atom. The SMILES string of the molecule is Cc1cc(C)c(C(NN)c2ncc(Br)cc2Br)c(F)c1. The first-order chi connectivity index (χ1) is 9.43. The van der Waals surface area contributed by atoms with Gasteiger partial charge in [0.1, 0.15) is 5.82 Å². The molecule has 0 amide bonds. The van der Waals surface area contributed by atoms with Crippen LogP contribution in [0.2, 0.25) is 0 Å². The fourth-order valence-corrected chi connectivity index (χ4v) is 3.45. The van der Waals surface area contributed by atoms with E-state index in [1.807, 2.05) is 26.0 Å². The molecule has 0 saturated carbocycles. The number of pyridine rings is 1. The maximum atomic E-state index is 14.3. The van der Waals surface area contributed by atoms with Crippen LogP contribution in [0.25, 0.3) is 0 Å². The van der Waals surface area contributed by atoms with Crippen molar-refractivity contribution in [2.24, 2.45) is 5.84 Å². The largest absolute Gasteiger partial charge is 0.271 e. The summed E-state index contributed by atoms with van der Waals surface area (Å²) in [5.74, 6) is 5.34. The topological polar surface area (TPSA) is 50.9 Å². The Bertz CT molecular complexity index is 623. The van der Waals surface area contributed by atoms with Gasteiger partial charge in [-0.15, -0.1) is 0 Å². The Balaban J connectivity index is 2.58. The highest BCUT2D eigenvalue weighted by Crippen LogP contribution is 2.31. The number of hydrogen-bond donors (Lipinski definition) is 2. The second-order valence-corrected chi connectivity index (χ2v) is 6.37. The van der Waals surface area contributed by atoms with Crippen molar-refractivity contribution < 1.29 is 4.39 Å². The molecule has 3 N–H and O–H groups in total. The predicted molar refractivity (Wildman–Crippen MR) is 84.7 cm³/mol. The minimum atomic E-state index is -0.516. The van der Waals surface area contributed by atoms with Crippen molar-refractivity contribution in [1.29, 1.82) is 0 Å². The standard InChI is InChI=1S/C14H14Br2FN3/c1-7-3-8(2)12(11(17)4-7)14(20-18)13-10(16)5-9(15)6-19-13/h3-6,14,20H,18H2,1-2H3. The third-order valence-electron chi connectivity index (χ3n) is 3.05. The summed E-state index contributed by atoms with van der Waals surface area (Å²) in [5, 5.41) is 0. The van der Waals surface area contributed by atoms with Gasteiger partial charge < -0.3 is 0 Å². The third kappa shape index (κ3) is 3.09. The highest BCUT2D eigenvalue weighted by Gasteiger charge is 2.22. The van der Waals surface area contributed by atoms with Crippen LogP contribution in [0, 0.1) is 19.7 Å². The quantitative estimate of drug-likeness (QED) is 0.604. The third-order valence-corrected chi connectivity index (χ3v) is 4.11. The summed E-state index contributed by atoms with van der Waals surface area (Å²) in [7, 11) is 0. The van der Waals surface area contributed by atoms with Crippen LogP contribution < -0.4 is 11.3 Å². The van der Waals surface area contributed by atoms with Crippen LogP contribution in [0.4, 0.5) is 4.39 Å². The molecule has 1 heterocycles. The van der Waals surface area contributed by atoms with Crippen LogP contribution in [0.5, 0.6) is 0 Å². The predicted octanol–water partition coefficient (Wildman–Crippen LogP) is 3.92. The van der Waals surface area contributed by atoms with Crippen LogP contribution in [0.15, 0.2) is 33.3 Å². The highest BCUT2D eigenvalue weighted by molar-refractivity contribution is 9.11. The first-order valence-corrected chi connectivity index (χ1v) is 7.56. The van der Waals surface area contributed by atoms with Crippen LogP contribution >= 0.6 is 31.9 Å². The minimum Gasteiger partial charge on any atom is -0.271 e. The molecule has 1 atom stereocenters. The molecule has 0 saturated heterocycles. The van der Waals surface area contributed by atoms with Crippen molar-refractivity contribution in [3.05, 3.63) is 61.5 Å². The number of hydrazine groups is 1. The molecule has 3 nitrogen and oxygen atoms in total. The molecular weight excluding hydrogens is 389 g/mol. The van der Waals surface area contributed by atoms with Gasteiger partial charge in [-0.1, -0.05) is 6.07 Å². The lowest BCUT2D eigenvalue weighted by Gasteiger charge is -2.20. The van der Waals surface area contributed by atoms with Crippen molar-refractivity contribution in [1.82, 2.24) is 10.4 Å². The number of aromatic nitrogens is 1. The highest BCUT2D eigenvalue weighted by atomic mass is 79.9. The van der Waals surface area contributed by atoms with Crippen LogP contribution in [0.3, 0.4) is 0 Å². The summed E-state index contributed by atoms with van der Waals surface area (Å²) < 4.78 is 15.9. The van der Waals surface area contributed by atoms with E-state index in [4.69, 9.17) is 5.84 Å². The van der Waals surface area contributed by atoms with Crippen LogP contribution in [-0.2, 0) is 0 Å². The molecular formula is C14H14Br2FN3. The molecule has 2 rings (SSSR count). The molecule has 106 valence electrons. The van der Waals surface area contributed by atoms with Gasteiger partial charge in [-0.2, -0.15) is 0 Å². The number of aryl methyl sites for hydroxylation is 2. The van der Waals surface area contributed by atoms with Gasteiger partial charge in [0.25, 0.3) is 0 Å². The van der Waals surface area contributed by atoms with E-state index < -0.39 is 6.04 Å². The lowest BCUT2D eigenvalue weighted by molar-refractivity contribution is 0.548. The van der Waals surface area contributed by atoms with Gasteiger partial charge in [-0.25, -0.2) is 9.82 Å². The smallest absolute Gasteiger partial charge is 0.128 e. The van der Waals surface area contributed by atoms with E-state index in [1.54, 1.807) is 6.20 Å². The second-order valence-electron chi connectivity index (χ2n) is 4.60. The molecule has 0 aliphatic carbocycles. The van der Waals surface area contributed by atoms with Gasteiger partial charge in [-0.3, -0.25) is 10.8 Å². The molecule has 0 bridgehead atoms. The Labute approximate surface area is 134 Å². The van der Waals surface area contributed by atoms with Crippen molar-refractivity contribution in [2.75, 3.05) is 0 Å². The lowest BCUT2D eigenvalue weighted by Crippen LogP contribution is -2.31. The fraction of sp³-hybridized carbons (Fsp3) is 0.214. The maximum absolute atomic E-state index is 14.3. The van der Waals surface area contributed by atoms with E-state index in [1.165, 1.54) is 6.07 Å². The average Bonchev–Trinajstić information content (AvgIpc) is 2.34. The maximum Gasteiger partial charge on any atom is 0.128 e. The molecule has 1 aromatic carbocycles. The van der Waals surface area contributed by atoms with E-state index in [-0.39, 0.29) is 5.82 Å². The van der Waals surface area contributed by atoms with Crippen LogP contribution in [0.1, 0.15) is 28.4 Å². The zero-order chi connectivity index (χ0) is 14.9. The molecule has 0 fully saturated rings. The summed E-state index contributed by atoms with van der Waals surface area (Å²) in [5.41, 5.74) is 5.51. The van der Waals surface area contributed by atoms with Crippen molar-refractivity contribution >= 4 is 31.9 Å². The number of benzene rings is 1. The number of halogens is 3. The number of hydrogen-bond acceptors (Lipinski definition) is 3. The molecule has 0 spiro atoms. The van der Waals surface area contributed by atoms with E-state index in [9.17, 15) is 4.39 Å². The monoisotopic (exact) mass is 401 g/mol. The van der Waals surface area contributed by atoms with Crippen molar-refractivity contribution in [3.8, 4) is 0 Å². The van der Waals surface area contributed by atoms with Gasteiger partial charge in [0.2, 0.25) is 0 Å². The van der Waals surface area contributed by atoms with E-state index >= 15 is 0 Å². The van der Waals surface area contributed by atoms with Gasteiger partial charge in [0.05, 0.1) is 11.7 Å². The van der Waals surface area contributed by atoms with E-state index in [2.05, 4.69) is 42.3 Å². The average molecular weight is 403 g/mol. The molecule has 20 heavy (non-hydrogen) atoms. The fourth-order valence-electron chi connectivity index (χ4n) is 2.23. The molecule has 1 aromatic heterocycles. The van der Waals surface area contributed by atoms with Crippen molar-refractivity contribution in [3.63, 3.8) is 0 Å². The van der Waals surface area contributed by atoms with Crippen LogP contribution in [-0.4, -0.2) is 4.98 Å². The number of nitrogens with two attached hydrogens (primary N) is 1. The van der Waals surface area contributed by atoms with Gasteiger partial charge in [0, 0.05) is 20.7 Å². The molecule has 1 unspecified atom stereocenters. The first-order valence-electron chi connectivity index (χ1n) is 5.97. The molecule has 0 aliphatic heterocycles. The summed E-state index contributed by atoms with van der Waals surface area (Å²) >= 11 is 6.78. The zero-order valence-corrected chi connectivity index (χ0v) is 14.2. The van der Waals surface area contributed by atoms with E-state index in [0.717, 1.165) is 20.1 Å². The normalized spacial score (nSPS) is 12.5. The summed E-state index contributed by atoms with van der Waals surface area (Å²) in [4.78, 5) is 4.33. The first kappa shape index (κ1) is 15.6. The Hall–Kier alpha value is -0.820. The Morgan fingerprint density at radius 2 is 1.95 bits per heavy atom. The zero-order valence-electron chi connectivity index (χ0n) is 11.0. The van der Waals surface area contributed by atoms with Gasteiger partial charge in [0.15, 0.2) is 0 Å². The number of nitrogens with one attached hydrogen (secondary N) is 1. The number of nitrogens with zero attached hydrogens (tertiary/aromatic N) is 1. The minimum absolute atomic E-state index is 0.290. The summed E-state index contributed by atoms with van der Waals surface area (Å²) in [6.45, 7) is 3.72. The van der Waals surface area contributed by atoms with Gasteiger partial charge in [-0.05, 0) is 69.0 Å². The number of rotatable bonds is 3. The Kier molecular flexibility index (Phi) is 4.90. The van der Waals surface area contributed by atoms with E-state index in [0.29, 0.717) is 11.3 Å². The van der Waals surface area contributed by atoms with Crippen molar-refractivity contribution in [2.45, 2.75) is 19.9 Å². The van der Waals surface area contributed by atoms with Gasteiger partial charge >= 0.3 is 0 Å². The molecule has 6 heteroatoms. The molecule has 2 aromatic rings.